The maximum Gasteiger partial charge on any atom is 0.454 e. The standard InChI is InChI=1S/C4H7N3O2S2/c8-4(7(10)11)9-6-2-1-5-3-6/h3,10-11H,1-2H2. The molecule has 1 rings (SSSR count). The minimum Gasteiger partial charge on any atom is -0.319 e. The van der Waals surface area contributed by atoms with E-state index in [0.717, 1.165) is 3.71 Å². The van der Waals surface area contributed by atoms with Gasteiger partial charge in [-0.25, -0.2) is 4.79 Å². The molecule has 0 radical (unpaired) electrons. The average molecular weight is 193 g/mol. The topological polar surface area (TPSA) is 45.1 Å². The lowest BCUT2D eigenvalue weighted by molar-refractivity contribution is -0.0246. The van der Waals surface area contributed by atoms with Gasteiger partial charge in [0.05, 0.1) is 13.1 Å². The summed E-state index contributed by atoms with van der Waals surface area (Å²) in [5, 5.41) is 1.32. The van der Waals surface area contributed by atoms with Crippen molar-refractivity contribution in [1.82, 2.24) is 8.77 Å². The van der Waals surface area contributed by atoms with Gasteiger partial charge in [-0.2, -0.15) is 8.77 Å². The summed E-state index contributed by atoms with van der Waals surface area (Å²) < 4.78 is 0.756. The molecule has 0 aromatic heterocycles. The maximum absolute atomic E-state index is 10.7. The second-order valence-corrected chi connectivity index (χ2v) is 2.92. The molecular formula is C4H7N3O2S2. The van der Waals surface area contributed by atoms with Crippen LogP contribution in [0.1, 0.15) is 0 Å². The van der Waals surface area contributed by atoms with E-state index in [4.69, 9.17) is 4.84 Å². The lowest BCUT2D eigenvalue weighted by atomic mass is 10.7. The Morgan fingerprint density at radius 1 is 1.73 bits per heavy atom. The van der Waals surface area contributed by atoms with Crippen molar-refractivity contribution in [3.63, 3.8) is 0 Å². The summed E-state index contributed by atoms with van der Waals surface area (Å²) in [6.45, 7) is 1.23. The molecule has 0 spiro atoms. The molecule has 5 nitrogen and oxygen atoms in total. The van der Waals surface area contributed by atoms with Crippen molar-refractivity contribution in [1.29, 1.82) is 0 Å². The lowest BCUT2D eigenvalue weighted by Crippen LogP contribution is -2.27. The zero-order valence-corrected chi connectivity index (χ0v) is 7.33. The number of thiol groups is 2. The Kier molecular flexibility index (Phi) is 2.89. The smallest absolute Gasteiger partial charge is 0.319 e. The average Bonchev–Trinajstić information content (AvgIpc) is 2.39. The zero-order valence-electron chi connectivity index (χ0n) is 5.54. The number of carbonyl (C=O) groups is 1. The molecule has 1 aliphatic rings. The summed E-state index contributed by atoms with van der Waals surface area (Å²) in [7, 11) is 0. The van der Waals surface area contributed by atoms with Crippen molar-refractivity contribution >= 4 is 38.1 Å². The van der Waals surface area contributed by atoms with E-state index in [1.165, 1.54) is 11.4 Å². The molecule has 7 heteroatoms. The van der Waals surface area contributed by atoms with Gasteiger partial charge in [0.25, 0.3) is 0 Å². The van der Waals surface area contributed by atoms with E-state index in [-0.39, 0.29) is 0 Å². The molecule has 0 unspecified atom stereocenters. The molecule has 0 aromatic carbocycles. The Morgan fingerprint density at radius 3 is 2.91 bits per heavy atom. The molecular weight excluding hydrogens is 186 g/mol. The fourth-order valence-corrected chi connectivity index (χ4v) is 0.642. The third-order valence-electron chi connectivity index (χ3n) is 1.02. The number of rotatable bonds is 1. The van der Waals surface area contributed by atoms with Gasteiger partial charge in [0, 0.05) is 0 Å². The molecule has 0 saturated carbocycles. The van der Waals surface area contributed by atoms with Crippen molar-refractivity contribution in [3.8, 4) is 0 Å². The van der Waals surface area contributed by atoms with Gasteiger partial charge in [-0.05, 0) is 25.6 Å². The van der Waals surface area contributed by atoms with E-state index in [1.54, 1.807) is 0 Å². The lowest BCUT2D eigenvalue weighted by Gasteiger charge is -2.14. The Hall–Kier alpha value is -0.560. The predicted molar refractivity (Wildman–Crippen MR) is 46.4 cm³/mol. The molecule has 0 bridgehead atoms. The number of aliphatic imine (C=N–C) groups is 1. The highest BCUT2D eigenvalue weighted by Crippen LogP contribution is 2.03. The quantitative estimate of drug-likeness (QED) is 0.591. The van der Waals surface area contributed by atoms with Crippen LogP contribution in [-0.2, 0) is 4.84 Å². The second-order valence-electron chi connectivity index (χ2n) is 1.81. The van der Waals surface area contributed by atoms with Gasteiger partial charge in [-0.15, -0.1) is 0 Å². The maximum atomic E-state index is 10.7. The fraction of sp³-hybridized carbons (Fsp3) is 0.500. The number of carbonyl (C=O) groups excluding carboxylic acids is 1. The summed E-state index contributed by atoms with van der Waals surface area (Å²) in [4.78, 5) is 19.3. The van der Waals surface area contributed by atoms with Crippen LogP contribution in [0.4, 0.5) is 4.79 Å². The van der Waals surface area contributed by atoms with E-state index in [9.17, 15) is 4.79 Å². The summed E-state index contributed by atoms with van der Waals surface area (Å²) in [6, 6.07) is 0. The molecule has 0 saturated heterocycles. The van der Waals surface area contributed by atoms with Gasteiger partial charge in [0.2, 0.25) is 0 Å². The van der Waals surface area contributed by atoms with Crippen molar-refractivity contribution in [2.45, 2.75) is 0 Å². The largest absolute Gasteiger partial charge is 0.454 e. The first-order chi connectivity index (χ1) is 5.20. The number of hydrogen-bond donors (Lipinski definition) is 2. The third kappa shape index (κ3) is 2.51. The van der Waals surface area contributed by atoms with E-state index in [1.807, 2.05) is 0 Å². The molecule has 0 N–H and O–H groups in total. The predicted octanol–water partition coefficient (Wildman–Crippen LogP) is 0.373. The monoisotopic (exact) mass is 193 g/mol. The van der Waals surface area contributed by atoms with Gasteiger partial charge in [-0.3, -0.25) is 4.99 Å². The minimum absolute atomic E-state index is 0.584. The van der Waals surface area contributed by atoms with Crippen LogP contribution in [0.5, 0.6) is 0 Å². The van der Waals surface area contributed by atoms with E-state index in [0.29, 0.717) is 13.1 Å². The normalized spacial score (nSPS) is 15.3. The molecule has 0 aromatic rings. The van der Waals surface area contributed by atoms with Crippen LogP contribution in [0.25, 0.3) is 0 Å². The van der Waals surface area contributed by atoms with Crippen LogP contribution in [0.15, 0.2) is 4.99 Å². The van der Waals surface area contributed by atoms with Crippen molar-refractivity contribution in [2.24, 2.45) is 4.99 Å². The Bertz CT molecular complexity index is 184. The van der Waals surface area contributed by atoms with Crippen LogP contribution in [0.2, 0.25) is 0 Å². The van der Waals surface area contributed by atoms with Gasteiger partial charge in [0.1, 0.15) is 6.34 Å². The molecule has 62 valence electrons. The van der Waals surface area contributed by atoms with E-state index in [2.05, 4.69) is 30.6 Å². The Morgan fingerprint density at radius 2 is 2.45 bits per heavy atom. The molecule has 11 heavy (non-hydrogen) atoms. The van der Waals surface area contributed by atoms with Gasteiger partial charge in [-0.1, -0.05) is 0 Å². The Labute approximate surface area is 75.1 Å². The number of hydroxylamine groups is 2. The third-order valence-corrected chi connectivity index (χ3v) is 1.35. The number of hydrogen-bond acceptors (Lipinski definition) is 6. The van der Waals surface area contributed by atoms with Crippen LogP contribution in [0, 0.1) is 0 Å². The minimum atomic E-state index is -0.648. The van der Waals surface area contributed by atoms with Gasteiger partial charge < -0.3 is 4.84 Å². The van der Waals surface area contributed by atoms with E-state index < -0.39 is 6.09 Å². The van der Waals surface area contributed by atoms with E-state index >= 15 is 0 Å². The summed E-state index contributed by atoms with van der Waals surface area (Å²) in [6.07, 6.45) is 0.799. The molecule has 0 aliphatic carbocycles. The number of amides is 1. The molecule has 0 atom stereocenters. The number of nitrogens with zero attached hydrogens (tertiary/aromatic N) is 3. The van der Waals surface area contributed by atoms with Crippen LogP contribution >= 0.6 is 25.6 Å². The highest BCUT2D eigenvalue weighted by Gasteiger charge is 2.13. The van der Waals surface area contributed by atoms with Crippen LogP contribution in [-0.4, -0.2) is 34.3 Å². The Balaban J connectivity index is 2.30. The summed E-state index contributed by atoms with van der Waals surface area (Å²) >= 11 is 7.24. The van der Waals surface area contributed by atoms with Gasteiger partial charge in [0.15, 0.2) is 0 Å². The summed E-state index contributed by atoms with van der Waals surface area (Å²) in [5.41, 5.74) is 0. The van der Waals surface area contributed by atoms with Crippen molar-refractivity contribution < 1.29 is 9.63 Å². The molecule has 0 fully saturated rings. The highest BCUT2D eigenvalue weighted by atomic mass is 32.2. The van der Waals surface area contributed by atoms with Crippen LogP contribution < -0.4 is 0 Å². The first-order valence-electron chi connectivity index (χ1n) is 2.86. The highest BCUT2D eigenvalue weighted by molar-refractivity contribution is 7.94. The summed E-state index contributed by atoms with van der Waals surface area (Å²) in [5.74, 6) is 0. The first kappa shape index (κ1) is 8.54. The van der Waals surface area contributed by atoms with Crippen molar-refractivity contribution in [3.05, 3.63) is 0 Å². The molecule has 1 aliphatic heterocycles. The fourth-order valence-electron chi connectivity index (χ4n) is 0.569. The molecule has 1 amide bonds. The first-order valence-corrected chi connectivity index (χ1v) is 3.66. The molecule has 1 heterocycles. The van der Waals surface area contributed by atoms with Crippen LogP contribution in [0.3, 0.4) is 0 Å². The SMILES string of the molecule is O=C(ON1C=NCC1)N(S)S. The van der Waals surface area contributed by atoms with Crippen molar-refractivity contribution in [2.75, 3.05) is 13.1 Å². The van der Waals surface area contributed by atoms with Gasteiger partial charge >= 0.3 is 6.09 Å². The second kappa shape index (κ2) is 3.72. The zero-order chi connectivity index (χ0) is 8.27.